The Kier molecular flexibility index (Phi) is 6.63. The van der Waals surface area contributed by atoms with E-state index in [9.17, 15) is 17.6 Å². The van der Waals surface area contributed by atoms with E-state index in [0.29, 0.717) is 5.01 Å². The van der Waals surface area contributed by atoms with E-state index in [0.717, 1.165) is 18.4 Å². The maximum atomic E-state index is 14.1. The molecule has 9 nitrogen and oxygen atoms in total. The van der Waals surface area contributed by atoms with Gasteiger partial charge in [-0.05, 0) is 38.2 Å². The summed E-state index contributed by atoms with van der Waals surface area (Å²) in [5.74, 6) is 4.57. The molecular weight excluding hydrogens is 373 g/mol. The van der Waals surface area contributed by atoms with Crippen LogP contribution in [-0.4, -0.2) is 37.0 Å². The van der Waals surface area contributed by atoms with E-state index >= 15 is 0 Å². The molecule has 1 aromatic carbocycles. The molecular formula is C13H16FN5O4S2. The Labute approximate surface area is 149 Å². The molecule has 136 valence electrons. The molecule has 25 heavy (non-hydrogen) atoms. The van der Waals surface area contributed by atoms with Crippen molar-refractivity contribution in [2.45, 2.75) is 20.0 Å². The third kappa shape index (κ3) is 6.14. The first-order valence-corrected chi connectivity index (χ1v) is 9.02. The van der Waals surface area contributed by atoms with Crippen LogP contribution in [0.5, 0.6) is 0 Å². The smallest absolute Gasteiger partial charge is 0.431 e. The molecule has 0 spiro atoms. The van der Waals surface area contributed by atoms with E-state index in [2.05, 4.69) is 10.0 Å². The summed E-state index contributed by atoms with van der Waals surface area (Å²) in [6.45, 7) is 3.21. The fraction of sp³-hybridized carbons (Fsp3) is 0.308. The Hall–Kier alpha value is -2.49. The van der Waals surface area contributed by atoms with Gasteiger partial charge < -0.3 is 10.1 Å². The molecule has 12 heteroatoms. The highest BCUT2D eigenvalue weighted by molar-refractivity contribution is 7.92. The number of hydrogen-bond acceptors (Lipinski definition) is 7. The molecule has 0 saturated carbocycles. The summed E-state index contributed by atoms with van der Waals surface area (Å²) in [7, 11) is -3.70. The van der Waals surface area contributed by atoms with Crippen LogP contribution in [0.4, 0.5) is 20.6 Å². The van der Waals surface area contributed by atoms with Gasteiger partial charge in [0.05, 0.1) is 29.3 Å². The highest BCUT2D eigenvalue weighted by Crippen LogP contribution is 2.25. The predicted octanol–water partition coefficient (Wildman–Crippen LogP) is 1.49. The van der Waals surface area contributed by atoms with Crippen molar-refractivity contribution in [2.24, 2.45) is 5.84 Å². The lowest BCUT2D eigenvalue weighted by Gasteiger charge is -2.20. The van der Waals surface area contributed by atoms with Gasteiger partial charge in [-0.1, -0.05) is 0 Å². The number of nitriles is 1. The zero-order valence-electron chi connectivity index (χ0n) is 13.5. The number of benzene rings is 1. The molecule has 0 fully saturated rings. The second-order valence-electron chi connectivity index (χ2n) is 5.10. The van der Waals surface area contributed by atoms with Gasteiger partial charge in [-0.2, -0.15) is 10.3 Å². The van der Waals surface area contributed by atoms with E-state index in [1.165, 1.54) is 0 Å². The number of sulfonamides is 1. The number of halogens is 1. The monoisotopic (exact) mass is 389 g/mol. The fourth-order valence-electron chi connectivity index (χ4n) is 1.56. The lowest BCUT2D eigenvalue weighted by Crippen LogP contribution is -2.46. The van der Waals surface area contributed by atoms with E-state index in [4.69, 9.17) is 28.1 Å². The highest BCUT2D eigenvalue weighted by Gasteiger charge is 2.20. The van der Waals surface area contributed by atoms with E-state index < -0.39 is 28.0 Å². The number of thiocarbonyl (C=S) groups is 1. The van der Waals surface area contributed by atoms with Gasteiger partial charge in [-0.15, -0.1) is 0 Å². The zero-order valence-corrected chi connectivity index (χ0v) is 15.2. The van der Waals surface area contributed by atoms with Crippen molar-refractivity contribution < 1.29 is 22.3 Å². The van der Waals surface area contributed by atoms with Gasteiger partial charge in [0, 0.05) is 0 Å². The average molecular weight is 389 g/mol. The Balaban J connectivity index is 3.09. The maximum Gasteiger partial charge on any atom is 0.431 e. The number of carbonyl (C=O) groups is 1. The first kappa shape index (κ1) is 20.6. The minimum atomic E-state index is -3.70. The molecule has 0 aliphatic carbocycles. The van der Waals surface area contributed by atoms with Crippen LogP contribution in [0.15, 0.2) is 12.1 Å². The molecule has 0 unspecified atom stereocenters. The fourth-order valence-corrected chi connectivity index (χ4v) is 2.32. The summed E-state index contributed by atoms with van der Waals surface area (Å²) in [5.41, 5.74) is -0.684. The van der Waals surface area contributed by atoms with Crippen molar-refractivity contribution in [2.75, 3.05) is 16.3 Å². The van der Waals surface area contributed by atoms with Crippen molar-refractivity contribution in [3.8, 4) is 6.07 Å². The first-order valence-electron chi connectivity index (χ1n) is 6.72. The molecule has 0 heterocycles. The van der Waals surface area contributed by atoms with Crippen molar-refractivity contribution in [1.82, 2.24) is 5.01 Å². The van der Waals surface area contributed by atoms with Crippen LogP contribution in [0.2, 0.25) is 0 Å². The molecule has 4 N–H and O–H groups in total. The van der Waals surface area contributed by atoms with Gasteiger partial charge in [0.1, 0.15) is 11.9 Å². The van der Waals surface area contributed by atoms with Crippen molar-refractivity contribution in [1.29, 1.82) is 5.26 Å². The quantitative estimate of drug-likeness (QED) is 0.305. The zero-order chi connectivity index (χ0) is 19.4. The van der Waals surface area contributed by atoms with Gasteiger partial charge >= 0.3 is 6.09 Å². The van der Waals surface area contributed by atoms with Crippen molar-refractivity contribution >= 4 is 44.8 Å². The van der Waals surface area contributed by atoms with Gasteiger partial charge in [0.15, 0.2) is 5.11 Å². The van der Waals surface area contributed by atoms with E-state index in [1.54, 1.807) is 19.9 Å². The Bertz CT molecular complexity index is 836. The number of amides is 1. The molecule has 1 aromatic rings. The van der Waals surface area contributed by atoms with Crippen LogP contribution in [0.3, 0.4) is 0 Å². The standard InChI is InChI=1S/C13H16FN5O4S2/c1-7(2)23-13(20)19(16)12(24)17-11-5-10(18-25(3,21)22)8(6-15)4-9(11)14/h4-5,7,18H,16H2,1-3H3,(H,17,24). The molecule has 0 aromatic heterocycles. The van der Waals surface area contributed by atoms with E-state index in [-0.39, 0.29) is 22.1 Å². The van der Waals surface area contributed by atoms with E-state index in [1.807, 2.05) is 0 Å². The number of nitrogens with two attached hydrogens (primary N) is 1. The number of hydrogen-bond donors (Lipinski definition) is 3. The number of nitrogens with zero attached hydrogens (tertiary/aromatic N) is 2. The number of nitrogens with one attached hydrogen (secondary N) is 2. The highest BCUT2D eigenvalue weighted by atomic mass is 32.2. The minimum Gasteiger partial charge on any atom is -0.445 e. The Morgan fingerprint density at radius 2 is 2.04 bits per heavy atom. The molecule has 0 radical (unpaired) electrons. The second-order valence-corrected chi connectivity index (χ2v) is 7.23. The summed E-state index contributed by atoms with van der Waals surface area (Å²) in [6, 6.07) is 3.49. The lowest BCUT2D eigenvalue weighted by molar-refractivity contribution is 0.0946. The van der Waals surface area contributed by atoms with Crippen molar-refractivity contribution in [3.63, 3.8) is 0 Å². The van der Waals surface area contributed by atoms with Gasteiger partial charge in [-0.25, -0.2) is 23.4 Å². The topological polar surface area (TPSA) is 138 Å². The third-order valence-corrected chi connectivity index (χ3v) is 3.41. The molecule has 0 saturated heterocycles. The van der Waals surface area contributed by atoms with Crippen LogP contribution in [0, 0.1) is 17.1 Å². The molecule has 0 aliphatic heterocycles. The number of ether oxygens (including phenoxy) is 1. The molecule has 1 amide bonds. The number of anilines is 2. The van der Waals surface area contributed by atoms with Gasteiger partial charge in [0.2, 0.25) is 10.0 Å². The lowest BCUT2D eigenvalue weighted by atomic mass is 10.1. The summed E-state index contributed by atoms with van der Waals surface area (Å²) in [6.07, 6.45) is -0.534. The number of carbonyl (C=O) groups excluding carboxylic acids is 1. The molecule has 0 bridgehead atoms. The van der Waals surface area contributed by atoms with Crippen LogP contribution < -0.4 is 15.9 Å². The number of rotatable bonds is 4. The third-order valence-electron chi connectivity index (χ3n) is 2.52. The Morgan fingerprint density at radius 3 is 2.52 bits per heavy atom. The van der Waals surface area contributed by atoms with Crippen molar-refractivity contribution in [3.05, 3.63) is 23.5 Å². The summed E-state index contributed by atoms with van der Waals surface area (Å²) in [4.78, 5) is 11.6. The first-order chi connectivity index (χ1) is 11.4. The second kappa shape index (κ2) is 8.06. The Morgan fingerprint density at radius 1 is 1.44 bits per heavy atom. The maximum absolute atomic E-state index is 14.1. The van der Waals surface area contributed by atoms with Crippen LogP contribution in [0.1, 0.15) is 19.4 Å². The predicted molar refractivity (Wildman–Crippen MR) is 93.4 cm³/mol. The molecule has 0 atom stereocenters. The van der Waals surface area contributed by atoms with Crippen LogP contribution >= 0.6 is 12.2 Å². The SMILES string of the molecule is CC(C)OC(=O)N(N)C(=S)Nc1cc(NS(C)(=O)=O)c(C#N)cc1F. The molecule has 1 rings (SSSR count). The van der Waals surface area contributed by atoms with Gasteiger partial charge in [-0.3, -0.25) is 4.72 Å². The molecule has 0 aliphatic rings. The minimum absolute atomic E-state index is 0.162. The summed E-state index contributed by atoms with van der Waals surface area (Å²) in [5, 5.41) is 11.4. The summed E-state index contributed by atoms with van der Waals surface area (Å²) < 4.78 is 43.7. The van der Waals surface area contributed by atoms with Gasteiger partial charge in [0.25, 0.3) is 0 Å². The largest absolute Gasteiger partial charge is 0.445 e. The van der Waals surface area contributed by atoms with Crippen LogP contribution in [-0.2, 0) is 14.8 Å². The average Bonchev–Trinajstić information content (AvgIpc) is 2.47. The number of hydrazine groups is 1. The normalized spacial score (nSPS) is 10.8. The van der Waals surface area contributed by atoms with Crippen LogP contribution in [0.25, 0.3) is 0 Å². The summed E-state index contributed by atoms with van der Waals surface area (Å²) >= 11 is 4.88.